The summed E-state index contributed by atoms with van der Waals surface area (Å²) in [5, 5.41) is 3.36. The molecule has 1 nitrogen and oxygen atoms in total. The summed E-state index contributed by atoms with van der Waals surface area (Å²) in [6, 6.07) is 8.44. The average Bonchev–Trinajstić information content (AvgIpc) is 2.26. The van der Waals surface area contributed by atoms with Crippen molar-refractivity contribution in [2.24, 2.45) is 0 Å². The summed E-state index contributed by atoms with van der Waals surface area (Å²) >= 11 is 0. The Morgan fingerprint density at radius 1 is 1.36 bits per heavy atom. The zero-order valence-electron chi connectivity index (χ0n) is 8.88. The largest absolute Gasteiger partial charge is 0.371 e. The predicted molar refractivity (Wildman–Crippen MR) is 62.4 cm³/mol. The van der Waals surface area contributed by atoms with E-state index in [4.69, 9.17) is 6.42 Å². The molecule has 0 fully saturated rings. The zero-order valence-corrected chi connectivity index (χ0v) is 8.88. The van der Waals surface area contributed by atoms with E-state index in [0.29, 0.717) is 0 Å². The molecule has 0 aliphatic carbocycles. The summed E-state index contributed by atoms with van der Waals surface area (Å²) in [4.78, 5) is 0. The molecule has 1 unspecified atom stereocenters. The first kappa shape index (κ1) is 10.7. The number of anilines is 1. The molecule has 1 rings (SSSR count). The number of hydrogen-bond donors (Lipinski definition) is 1. The minimum atomic E-state index is 0.141. The van der Waals surface area contributed by atoms with Crippen molar-refractivity contribution in [3.05, 3.63) is 29.8 Å². The highest BCUT2D eigenvalue weighted by atomic mass is 14.9. The van der Waals surface area contributed by atoms with E-state index in [2.05, 4.69) is 43.3 Å². The second-order valence-electron chi connectivity index (χ2n) is 3.28. The van der Waals surface area contributed by atoms with Gasteiger partial charge in [-0.1, -0.05) is 38.0 Å². The van der Waals surface area contributed by atoms with Crippen LogP contribution in [0.2, 0.25) is 0 Å². The van der Waals surface area contributed by atoms with Gasteiger partial charge in [-0.25, -0.2) is 0 Å². The van der Waals surface area contributed by atoms with Gasteiger partial charge in [-0.15, -0.1) is 6.42 Å². The summed E-state index contributed by atoms with van der Waals surface area (Å²) in [6.07, 6.45) is 7.40. The normalized spacial score (nSPS) is 11.8. The Balaban J connectivity index is 2.80. The molecule has 1 aromatic carbocycles. The summed E-state index contributed by atoms with van der Waals surface area (Å²) in [7, 11) is 0. The Kier molecular flexibility index (Phi) is 4.07. The molecule has 0 aromatic heterocycles. The third kappa shape index (κ3) is 2.53. The van der Waals surface area contributed by atoms with Crippen LogP contribution in [0, 0.1) is 12.3 Å². The van der Waals surface area contributed by atoms with E-state index in [-0.39, 0.29) is 6.04 Å². The average molecular weight is 187 g/mol. The molecule has 1 N–H and O–H groups in total. The van der Waals surface area contributed by atoms with Gasteiger partial charge >= 0.3 is 0 Å². The van der Waals surface area contributed by atoms with Crippen molar-refractivity contribution in [3.63, 3.8) is 0 Å². The van der Waals surface area contributed by atoms with E-state index in [1.807, 2.05) is 6.07 Å². The van der Waals surface area contributed by atoms with Gasteiger partial charge in [0.1, 0.15) is 0 Å². The summed E-state index contributed by atoms with van der Waals surface area (Å²) in [6.45, 7) is 4.24. The monoisotopic (exact) mass is 187 g/mol. The second-order valence-corrected chi connectivity index (χ2v) is 3.28. The summed E-state index contributed by atoms with van der Waals surface area (Å²) in [5.74, 6) is 2.74. The van der Waals surface area contributed by atoms with Crippen LogP contribution in [-0.2, 0) is 6.42 Å². The first-order valence-electron chi connectivity index (χ1n) is 5.12. The maximum Gasteiger partial charge on any atom is 0.0871 e. The van der Waals surface area contributed by atoms with Gasteiger partial charge < -0.3 is 5.32 Å². The maximum atomic E-state index is 5.41. The Hall–Kier alpha value is -1.42. The first-order chi connectivity index (χ1) is 6.81. The van der Waals surface area contributed by atoms with Crippen molar-refractivity contribution in [1.82, 2.24) is 0 Å². The highest BCUT2D eigenvalue weighted by molar-refractivity contribution is 5.52. The van der Waals surface area contributed by atoms with Crippen molar-refractivity contribution < 1.29 is 0 Å². The smallest absolute Gasteiger partial charge is 0.0871 e. The van der Waals surface area contributed by atoms with Gasteiger partial charge in [0.05, 0.1) is 6.04 Å². The molecular weight excluding hydrogens is 170 g/mol. The van der Waals surface area contributed by atoms with Crippen molar-refractivity contribution >= 4 is 5.69 Å². The Morgan fingerprint density at radius 2 is 2.07 bits per heavy atom. The molecular formula is C13H17N. The van der Waals surface area contributed by atoms with Crippen molar-refractivity contribution in [2.75, 3.05) is 5.32 Å². The van der Waals surface area contributed by atoms with Crippen molar-refractivity contribution in [2.45, 2.75) is 32.7 Å². The minimum absolute atomic E-state index is 0.141. The minimum Gasteiger partial charge on any atom is -0.371 e. The van der Waals surface area contributed by atoms with E-state index in [9.17, 15) is 0 Å². The van der Waals surface area contributed by atoms with Crippen LogP contribution >= 0.6 is 0 Å². The fourth-order valence-electron chi connectivity index (χ4n) is 1.42. The molecule has 74 valence electrons. The SMILES string of the molecule is C#CC(CC)Nc1ccccc1CC. The van der Waals surface area contributed by atoms with Crippen LogP contribution in [-0.4, -0.2) is 6.04 Å². The molecule has 1 aromatic rings. The highest BCUT2D eigenvalue weighted by Gasteiger charge is 2.03. The van der Waals surface area contributed by atoms with Gasteiger partial charge in [-0.3, -0.25) is 0 Å². The van der Waals surface area contributed by atoms with Gasteiger partial charge in [-0.2, -0.15) is 0 Å². The number of nitrogens with one attached hydrogen (secondary N) is 1. The third-order valence-corrected chi connectivity index (χ3v) is 2.34. The van der Waals surface area contributed by atoms with Crippen LogP contribution in [0.5, 0.6) is 0 Å². The van der Waals surface area contributed by atoms with Crippen LogP contribution in [0.4, 0.5) is 5.69 Å². The van der Waals surface area contributed by atoms with E-state index in [1.165, 1.54) is 11.3 Å². The quantitative estimate of drug-likeness (QED) is 0.714. The molecule has 0 radical (unpaired) electrons. The van der Waals surface area contributed by atoms with Crippen LogP contribution in [0.25, 0.3) is 0 Å². The Labute approximate surface area is 86.5 Å². The topological polar surface area (TPSA) is 12.0 Å². The molecule has 14 heavy (non-hydrogen) atoms. The number of aryl methyl sites for hydroxylation is 1. The Morgan fingerprint density at radius 3 is 2.64 bits per heavy atom. The lowest BCUT2D eigenvalue weighted by atomic mass is 10.1. The maximum absolute atomic E-state index is 5.41. The van der Waals surface area contributed by atoms with Crippen molar-refractivity contribution in [1.29, 1.82) is 0 Å². The predicted octanol–water partition coefficient (Wildman–Crippen LogP) is 3.07. The first-order valence-corrected chi connectivity index (χ1v) is 5.12. The number of terminal acetylenes is 1. The van der Waals surface area contributed by atoms with Crippen LogP contribution < -0.4 is 5.32 Å². The molecule has 0 amide bonds. The number of hydrogen-bond acceptors (Lipinski definition) is 1. The van der Waals surface area contributed by atoms with E-state index < -0.39 is 0 Å². The second kappa shape index (κ2) is 5.34. The molecule has 1 atom stereocenters. The van der Waals surface area contributed by atoms with E-state index >= 15 is 0 Å². The van der Waals surface area contributed by atoms with Gasteiger partial charge in [0.2, 0.25) is 0 Å². The molecule has 1 heteroatoms. The summed E-state index contributed by atoms with van der Waals surface area (Å²) < 4.78 is 0. The zero-order chi connectivity index (χ0) is 10.4. The lowest BCUT2D eigenvalue weighted by Crippen LogP contribution is -2.16. The molecule has 0 bridgehead atoms. The number of benzene rings is 1. The Bertz CT molecular complexity index is 322. The molecule has 0 saturated carbocycles. The van der Waals surface area contributed by atoms with Gasteiger partial charge in [0, 0.05) is 5.69 Å². The number of para-hydroxylation sites is 1. The van der Waals surface area contributed by atoms with Gasteiger partial charge in [0.25, 0.3) is 0 Å². The molecule has 0 saturated heterocycles. The molecule has 0 spiro atoms. The molecule has 0 heterocycles. The summed E-state index contributed by atoms with van der Waals surface area (Å²) in [5.41, 5.74) is 2.49. The molecule has 0 aliphatic rings. The lowest BCUT2D eigenvalue weighted by Gasteiger charge is -2.15. The van der Waals surface area contributed by atoms with Gasteiger partial charge in [0.15, 0.2) is 0 Å². The van der Waals surface area contributed by atoms with E-state index in [0.717, 1.165) is 12.8 Å². The van der Waals surface area contributed by atoms with E-state index in [1.54, 1.807) is 0 Å². The van der Waals surface area contributed by atoms with Crippen LogP contribution in [0.15, 0.2) is 24.3 Å². The highest BCUT2D eigenvalue weighted by Crippen LogP contribution is 2.16. The third-order valence-electron chi connectivity index (χ3n) is 2.34. The van der Waals surface area contributed by atoms with Crippen molar-refractivity contribution in [3.8, 4) is 12.3 Å². The fraction of sp³-hybridized carbons (Fsp3) is 0.385. The fourth-order valence-corrected chi connectivity index (χ4v) is 1.42. The number of rotatable bonds is 4. The van der Waals surface area contributed by atoms with Gasteiger partial charge in [-0.05, 0) is 24.5 Å². The van der Waals surface area contributed by atoms with Crippen LogP contribution in [0.3, 0.4) is 0 Å². The standard InChI is InChI=1S/C13H17N/c1-4-11-9-7-8-10-13(11)14-12(5-2)6-3/h2,7-10,12,14H,4,6H2,1,3H3. The van der Waals surface area contributed by atoms with Crippen LogP contribution in [0.1, 0.15) is 25.8 Å². The molecule has 0 aliphatic heterocycles. The lowest BCUT2D eigenvalue weighted by molar-refractivity contribution is 0.854.